The molecule has 3 aliphatic rings. The first-order valence-electron chi connectivity index (χ1n) is 14.0. The van der Waals surface area contributed by atoms with Gasteiger partial charge in [0, 0.05) is 50.4 Å². The molecule has 0 spiro atoms. The minimum atomic E-state index is -0.123. The van der Waals surface area contributed by atoms with Gasteiger partial charge in [0.2, 0.25) is 5.91 Å². The van der Waals surface area contributed by atoms with Crippen molar-refractivity contribution in [3.05, 3.63) is 53.2 Å². The van der Waals surface area contributed by atoms with E-state index in [4.69, 9.17) is 9.72 Å². The van der Waals surface area contributed by atoms with Gasteiger partial charge in [-0.15, -0.1) is 0 Å². The number of carbonyl (C=O) groups is 2. The number of amides is 1. The number of aromatic nitrogens is 1. The van der Waals surface area contributed by atoms with Crippen LogP contribution in [0.15, 0.2) is 36.4 Å². The van der Waals surface area contributed by atoms with Crippen molar-refractivity contribution >= 4 is 23.4 Å². The Labute approximate surface area is 220 Å². The molecule has 2 N–H and O–H groups in total. The number of ether oxygens (including phenoxy) is 1. The highest BCUT2D eigenvalue weighted by atomic mass is 16.5. The Bertz CT molecular complexity index is 1100. The summed E-state index contributed by atoms with van der Waals surface area (Å²) in [5, 5.41) is 6.95. The van der Waals surface area contributed by atoms with Gasteiger partial charge in [-0.25, -0.2) is 4.98 Å². The largest absolute Gasteiger partial charge is 0.469 e. The third-order valence-corrected chi connectivity index (χ3v) is 8.53. The van der Waals surface area contributed by atoms with Crippen molar-refractivity contribution in [1.82, 2.24) is 9.88 Å². The number of aryl methyl sites for hydroxylation is 2. The highest BCUT2D eigenvalue weighted by molar-refractivity contribution is 5.76. The smallest absolute Gasteiger partial charge is 0.305 e. The molecule has 0 saturated carbocycles. The summed E-state index contributed by atoms with van der Waals surface area (Å²) >= 11 is 0. The number of nitrogens with one attached hydrogen (secondary N) is 2. The first kappa shape index (κ1) is 25.6. The van der Waals surface area contributed by atoms with Gasteiger partial charge in [-0.3, -0.25) is 9.59 Å². The average molecular weight is 505 g/mol. The number of likely N-dealkylation sites (tertiary alicyclic amines) is 1. The number of methoxy groups -OCH3 is 1. The molecule has 37 heavy (non-hydrogen) atoms. The van der Waals surface area contributed by atoms with E-state index in [2.05, 4.69) is 47.0 Å². The van der Waals surface area contributed by atoms with Crippen LogP contribution >= 0.6 is 0 Å². The zero-order chi connectivity index (χ0) is 25.6. The zero-order valence-electron chi connectivity index (χ0n) is 22.0. The van der Waals surface area contributed by atoms with Crippen LogP contribution < -0.4 is 10.6 Å². The Balaban J connectivity index is 1.12. The van der Waals surface area contributed by atoms with Gasteiger partial charge < -0.3 is 20.3 Å². The SMILES string of the molecule is COC(=O)C[C@H](CC1CCN(C(=O)CCc2ccc3c(n2)NCCC3)CC1)[C@@H]1CNc2ccccc2C1. The van der Waals surface area contributed by atoms with Gasteiger partial charge in [0.25, 0.3) is 0 Å². The van der Waals surface area contributed by atoms with E-state index >= 15 is 0 Å². The molecule has 0 bridgehead atoms. The molecule has 4 heterocycles. The van der Waals surface area contributed by atoms with E-state index in [1.54, 1.807) is 0 Å². The summed E-state index contributed by atoms with van der Waals surface area (Å²) in [6, 6.07) is 12.7. The second-order valence-electron chi connectivity index (χ2n) is 10.9. The van der Waals surface area contributed by atoms with Gasteiger partial charge in [-0.1, -0.05) is 24.3 Å². The molecule has 1 aromatic heterocycles. The fourth-order valence-electron chi connectivity index (χ4n) is 6.29. The second-order valence-corrected chi connectivity index (χ2v) is 10.9. The van der Waals surface area contributed by atoms with Crippen LogP contribution in [0.3, 0.4) is 0 Å². The number of benzene rings is 1. The second kappa shape index (κ2) is 12.0. The molecule has 1 fully saturated rings. The molecule has 7 heteroatoms. The molecule has 2 atom stereocenters. The lowest BCUT2D eigenvalue weighted by Gasteiger charge is -2.37. The number of hydrogen-bond donors (Lipinski definition) is 2. The van der Waals surface area contributed by atoms with Crippen molar-refractivity contribution in [3.8, 4) is 0 Å². The molecule has 7 nitrogen and oxygen atoms in total. The number of hydrogen-bond acceptors (Lipinski definition) is 6. The number of anilines is 2. The van der Waals surface area contributed by atoms with Gasteiger partial charge in [-0.05, 0) is 86.0 Å². The first-order chi connectivity index (χ1) is 18.1. The fraction of sp³-hybridized carbons (Fsp3) is 0.567. The van der Waals surface area contributed by atoms with Crippen LogP contribution in [0.25, 0.3) is 0 Å². The van der Waals surface area contributed by atoms with Crippen molar-refractivity contribution in [2.45, 2.75) is 57.8 Å². The fourth-order valence-corrected chi connectivity index (χ4v) is 6.29. The van der Waals surface area contributed by atoms with Crippen molar-refractivity contribution in [2.75, 3.05) is 43.9 Å². The van der Waals surface area contributed by atoms with Gasteiger partial charge in [0.15, 0.2) is 0 Å². The van der Waals surface area contributed by atoms with Crippen LogP contribution in [0.5, 0.6) is 0 Å². The molecule has 0 aliphatic carbocycles. The van der Waals surface area contributed by atoms with E-state index in [0.29, 0.717) is 31.1 Å². The lowest BCUT2D eigenvalue weighted by atomic mass is 9.75. The summed E-state index contributed by atoms with van der Waals surface area (Å²) in [5.41, 5.74) is 4.81. The molecular formula is C30H40N4O3. The minimum Gasteiger partial charge on any atom is -0.469 e. The number of para-hydroxylation sites is 1. The summed E-state index contributed by atoms with van der Waals surface area (Å²) < 4.78 is 5.05. The van der Waals surface area contributed by atoms with Crippen molar-refractivity contribution in [1.29, 1.82) is 0 Å². The molecule has 0 unspecified atom stereocenters. The van der Waals surface area contributed by atoms with E-state index in [-0.39, 0.29) is 17.8 Å². The maximum Gasteiger partial charge on any atom is 0.305 e. The molecule has 3 aliphatic heterocycles. The third-order valence-electron chi connectivity index (χ3n) is 8.53. The monoisotopic (exact) mass is 504 g/mol. The average Bonchev–Trinajstić information content (AvgIpc) is 2.95. The number of piperidine rings is 1. The number of carbonyl (C=O) groups excluding carboxylic acids is 2. The lowest BCUT2D eigenvalue weighted by Crippen LogP contribution is -2.40. The van der Waals surface area contributed by atoms with Crippen LogP contribution in [0.2, 0.25) is 0 Å². The van der Waals surface area contributed by atoms with E-state index in [1.807, 2.05) is 4.90 Å². The van der Waals surface area contributed by atoms with Crippen LogP contribution in [0.1, 0.15) is 55.3 Å². The highest BCUT2D eigenvalue weighted by Gasteiger charge is 2.32. The summed E-state index contributed by atoms with van der Waals surface area (Å²) in [6.45, 7) is 3.48. The summed E-state index contributed by atoms with van der Waals surface area (Å²) in [6.07, 6.45) is 7.90. The van der Waals surface area contributed by atoms with Crippen molar-refractivity contribution in [2.24, 2.45) is 17.8 Å². The maximum absolute atomic E-state index is 13.0. The van der Waals surface area contributed by atoms with Gasteiger partial charge >= 0.3 is 5.97 Å². The quantitative estimate of drug-likeness (QED) is 0.517. The lowest BCUT2D eigenvalue weighted by molar-refractivity contribution is -0.142. The Hall–Kier alpha value is -3.09. The van der Waals surface area contributed by atoms with Crippen LogP contribution in [-0.2, 0) is 33.6 Å². The van der Waals surface area contributed by atoms with Crippen LogP contribution in [0.4, 0.5) is 11.5 Å². The molecule has 2 aromatic rings. The molecule has 5 rings (SSSR count). The number of nitrogens with zero attached hydrogens (tertiary/aromatic N) is 2. The Kier molecular flexibility index (Phi) is 8.27. The predicted molar refractivity (Wildman–Crippen MR) is 146 cm³/mol. The number of fused-ring (bicyclic) bond motifs is 2. The van der Waals surface area contributed by atoms with Gasteiger partial charge in [-0.2, -0.15) is 0 Å². The first-order valence-corrected chi connectivity index (χ1v) is 14.0. The van der Waals surface area contributed by atoms with E-state index < -0.39 is 0 Å². The number of rotatable bonds is 8. The van der Waals surface area contributed by atoms with Crippen LogP contribution in [0, 0.1) is 17.8 Å². The Morgan fingerprint density at radius 1 is 1.11 bits per heavy atom. The Morgan fingerprint density at radius 2 is 1.95 bits per heavy atom. The Morgan fingerprint density at radius 3 is 2.78 bits per heavy atom. The normalized spacial score (nSPS) is 20.1. The molecule has 1 aromatic carbocycles. The number of pyridine rings is 1. The highest BCUT2D eigenvalue weighted by Crippen LogP contribution is 2.36. The molecule has 198 valence electrons. The maximum atomic E-state index is 13.0. The molecular weight excluding hydrogens is 464 g/mol. The van der Waals surface area contributed by atoms with E-state index in [1.165, 1.54) is 23.9 Å². The topological polar surface area (TPSA) is 83.6 Å². The van der Waals surface area contributed by atoms with E-state index in [9.17, 15) is 9.59 Å². The van der Waals surface area contributed by atoms with Crippen molar-refractivity contribution in [3.63, 3.8) is 0 Å². The predicted octanol–water partition coefficient (Wildman–Crippen LogP) is 4.46. The molecule has 0 radical (unpaired) electrons. The summed E-state index contributed by atoms with van der Waals surface area (Å²) in [5.74, 6) is 2.32. The molecule has 1 amide bonds. The van der Waals surface area contributed by atoms with Crippen molar-refractivity contribution < 1.29 is 14.3 Å². The third kappa shape index (κ3) is 6.43. The summed E-state index contributed by atoms with van der Waals surface area (Å²) in [4.78, 5) is 32.0. The van der Waals surface area contributed by atoms with Gasteiger partial charge in [0.05, 0.1) is 7.11 Å². The standard InChI is InChI=1S/C30H40N4O3/c1-37-29(36)19-24(25-18-23-5-2-3-7-27(23)32-20-25)17-21-12-15-34(16-13-21)28(35)11-10-26-9-8-22-6-4-14-31-30(22)33-26/h2-3,5,7-9,21,24-25,32H,4,6,10-20H2,1H3,(H,31,33)/t24-,25-/m0/s1. The summed E-state index contributed by atoms with van der Waals surface area (Å²) in [7, 11) is 1.48. The number of esters is 1. The molecule has 1 saturated heterocycles. The van der Waals surface area contributed by atoms with Gasteiger partial charge in [0.1, 0.15) is 5.82 Å². The van der Waals surface area contributed by atoms with E-state index in [0.717, 1.165) is 76.2 Å². The zero-order valence-corrected chi connectivity index (χ0v) is 22.0. The van der Waals surface area contributed by atoms with Crippen LogP contribution in [-0.4, -0.2) is 55.0 Å². The minimum absolute atomic E-state index is 0.123.